The molecule has 0 saturated heterocycles. The summed E-state index contributed by atoms with van der Waals surface area (Å²) in [6, 6.07) is 15.6. The summed E-state index contributed by atoms with van der Waals surface area (Å²) in [5.41, 5.74) is 5.98. The Hall–Kier alpha value is -3.32. The lowest BCUT2D eigenvalue weighted by molar-refractivity contribution is -0.139. The molecule has 7 heteroatoms. The smallest absolute Gasteiger partial charge is 0.338 e. The number of ether oxygens (including phenoxy) is 1. The Morgan fingerprint density at radius 2 is 1.92 bits per heavy atom. The SMILES string of the molecule is CCOC(=O)C1=C(c2ccccc2)N=C2SC=C(CC(=O)NCC3CC3)N2[C@H]1c1cc(C)ccc1C. The van der Waals surface area contributed by atoms with E-state index in [1.807, 2.05) is 49.6 Å². The minimum Gasteiger partial charge on any atom is -0.463 e. The highest BCUT2D eigenvalue weighted by atomic mass is 32.2. The maximum absolute atomic E-state index is 13.6. The molecule has 1 N–H and O–H groups in total. The summed E-state index contributed by atoms with van der Waals surface area (Å²) in [5, 5.41) is 5.82. The van der Waals surface area contributed by atoms with Crippen molar-refractivity contribution in [3.63, 3.8) is 0 Å². The van der Waals surface area contributed by atoms with E-state index in [9.17, 15) is 9.59 Å². The van der Waals surface area contributed by atoms with Crippen molar-refractivity contribution < 1.29 is 14.3 Å². The molecule has 0 aromatic heterocycles. The highest BCUT2D eigenvalue weighted by molar-refractivity contribution is 8.16. The molecule has 1 aliphatic carbocycles. The van der Waals surface area contributed by atoms with Gasteiger partial charge in [-0.25, -0.2) is 9.79 Å². The van der Waals surface area contributed by atoms with E-state index in [1.165, 1.54) is 24.6 Å². The Balaban J connectivity index is 1.62. The highest BCUT2D eigenvalue weighted by Gasteiger charge is 2.43. The van der Waals surface area contributed by atoms with Gasteiger partial charge in [0.05, 0.1) is 30.3 Å². The number of aryl methyl sites for hydroxylation is 2. The fourth-order valence-electron chi connectivity index (χ4n) is 4.64. The molecular formula is C29H31N3O3S. The number of esters is 1. The van der Waals surface area contributed by atoms with Gasteiger partial charge >= 0.3 is 5.97 Å². The summed E-state index contributed by atoms with van der Waals surface area (Å²) in [7, 11) is 0. The zero-order chi connectivity index (χ0) is 25.2. The van der Waals surface area contributed by atoms with Crippen LogP contribution in [-0.4, -0.2) is 35.1 Å². The number of amides is 1. The van der Waals surface area contributed by atoms with E-state index in [0.29, 0.717) is 17.2 Å². The number of aliphatic imine (C=N–C) groups is 1. The van der Waals surface area contributed by atoms with Crippen LogP contribution in [0.4, 0.5) is 0 Å². The van der Waals surface area contributed by atoms with Crippen molar-refractivity contribution in [2.24, 2.45) is 10.9 Å². The molecule has 1 amide bonds. The number of benzene rings is 2. The molecule has 1 atom stereocenters. The Morgan fingerprint density at radius 1 is 1.14 bits per heavy atom. The quantitative estimate of drug-likeness (QED) is 0.484. The number of amidine groups is 1. The van der Waals surface area contributed by atoms with Crippen molar-refractivity contribution in [2.75, 3.05) is 13.2 Å². The molecule has 186 valence electrons. The normalized spacial score (nSPS) is 19.0. The average molecular weight is 502 g/mol. The number of thioether (sulfide) groups is 1. The minimum atomic E-state index is -0.455. The third kappa shape index (κ3) is 4.98. The number of carbonyl (C=O) groups is 2. The fraction of sp³-hybridized carbons (Fsp3) is 0.345. The van der Waals surface area contributed by atoms with Gasteiger partial charge in [0.2, 0.25) is 5.91 Å². The Kier molecular flexibility index (Phi) is 7.01. The number of hydrogen-bond donors (Lipinski definition) is 1. The second kappa shape index (κ2) is 10.3. The maximum Gasteiger partial charge on any atom is 0.338 e. The molecule has 6 nitrogen and oxygen atoms in total. The lowest BCUT2D eigenvalue weighted by Gasteiger charge is -2.37. The van der Waals surface area contributed by atoms with Crippen molar-refractivity contribution in [1.82, 2.24) is 10.2 Å². The van der Waals surface area contributed by atoms with Crippen molar-refractivity contribution in [3.8, 4) is 0 Å². The van der Waals surface area contributed by atoms with Crippen LogP contribution in [-0.2, 0) is 14.3 Å². The standard InChI is InChI=1S/C29H31N3O3S/c1-4-35-28(34)25-26(21-8-6-5-7-9-21)31-29-32(27(25)23-14-18(2)10-11-19(23)3)22(17-36-29)15-24(33)30-16-20-12-13-20/h5-11,14,17,20,27H,4,12-13,15-16H2,1-3H3,(H,30,33)/t27-/m0/s1. The first-order valence-electron chi connectivity index (χ1n) is 12.5. The zero-order valence-electron chi connectivity index (χ0n) is 20.9. The van der Waals surface area contributed by atoms with Gasteiger partial charge in [-0.1, -0.05) is 65.9 Å². The van der Waals surface area contributed by atoms with Crippen LogP contribution in [0, 0.1) is 19.8 Å². The first-order chi connectivity index (χ1) is 17.5. The number of nitrogens with one attached hydrogen (secondary N) is 1. The fourth-order valence-corrected chi connectivity index (χ4v) is 5.56. The average Bonchev–Trinajstić information content (AvgIpc) is 3.63. The van der Waals surface area contributed by atoms with E-state index in [-0.39, 0.29) is 24.9 Å². The molecule has 5 rings (SSSR count). The van der Waals surface area contributed by atoms with Crippen LogP contribution in [0.15, 0.2) is 70.2 Å². The molecule has 1 saturated carbocycles. The number of fused-ring (bicyclic) bond motifs is 1. The van der Waals surface area contributed by atoms with Gasteiger partial charge in [-0.05, 0) is 56.1 Å². The third-order valence-corrected chi connectivity index (χ3v) is 7.60. The molecule has 2 aromatic carbocycles. The van der Waals surface area contributed by atoms with Crippen molar-refractivity contribution >= 4 is 34.5 Å². The van der Waals surface area contributed by atoms with Crippen LogP contribution in [0.25, 0.3) is 5.70 Å². The van der Waals surface area contributed by atoms with Gasteiger partial charge in [-0.15, -0.1) is 0 Å². The van der Waals surface area contributed by atoms with E-state index in [1.54, 1.807) is 0 Å². The third-order valence-electron chi connectivity index (χ3n) is 6.71. The zero-order valence-corrected chi connectivity index (χ0v) is 21.7. The molecule has 1 fully saturated rings. The number of hydrogen-bond acceptors (Lipinski definition) is 6. The molecule has 0 radical (unpaired) electrons. The van der Waals surface area contributed by atoms with Gasteiger partial charge in [-0.3, -0.25) is 4.79 Å². The Morgan fingerprint density at radius 3 is 2.64 bits per heavy atom. The molecule has 2 aliphatic heterocycles. The first kappa shape index (κ1) is 24.4. The van der Waals surface area contributed by atoms with Crippen LogP contribution >= 0.6 is 11.8 Å². The van der Waals surface area contributed by atoms with E-state index in [0.717, 1.165) is 39.7 Å². The summed E-state index contributed by atoms with van der Waals surface area (Å²) in [4.78, 5) is 33.5. The maximum atomic E-state index is 13.6. The van der Waals surface area contributed by atoms with E-state index < -0.39 is 6.04 Å². The van der Waals surface area contributed by atoms with E-state index in [4.69, 9.17) is 9.73 Å². The number of rotatable bonds is 8. The monoisotopic (exact) mass is 501 g/mol. The molecule has 2 heterocycles. The van der Waals surface area contributed by atoms with Crippen LogP contribution in [0.1, 0.15) is 54.5 Å². The lowest BCUT2D eigenvalue weighted by Crippen LogP contribution is -2.38. The molecular weight excluding hydrogens is 470 g/mol. The molecule has 0 spiro atoms. The Bertz CT molecular complexity index is 1280. The first-order valence-corrected chi connectivity index (χ1v) is 13.4. The van der Waals surface area contributed by atoms with Crippen molar-refractivity contribution in [3.05, 3.63) is 87.5 Å². The van der Waals surface area contributed by atoms with E-state index in [2.05, 4.69) is 35.3 Å². The van der Waals surface area contributed by atoms with Crippen LogP contribution < -0.4 is 5.32 Å². The van der Waals surface area contributed by atoms with Gasteiger partial charge in [0, 0.05) is 17.8 Å². The number of carbonyl (C=O) groups excluding carboxylic acids is 2. The van der Waals surface area contributed by atoms with Gasteiger partial charge in [0.15, 0.2) is 5.17 Å². The van der Waals surface area contributed by atoms with Crippen molar-refractivity contribution in [1.29, 1.82) is 0 Å². The molecule has 0 unspecified atom stereocenters. The van der Waals surface area contributed by atoms with Crippen molar-refractivity contribution in [2.45, 2.75) is 46.1 Å². The predicted molar refractivity (Wildman–Crippen MR) is 144 cm³/mol. The van der Waals surface area contributed by atoms with Gasteiger partial charge in [0.1, 0.15) is 0 Å². The lowest BCUT2D eigenvalue weighted by atomic mass is 9.88. The molecule has 2 aromatic rings. The highest BCUT2D eigenvalue weighted by Crippen LogP contribution is 2.47. The minimum absolute atomic E-state index is 0.00904. The van der Waals surface area contributed by atoms with Gasteiger partial charge in [0.25, 0.3) is 0 Å². The van der Waals surface area contributed by atoms with Gasteiger partial charge < -0.3 is 15.0 Å². The molecule has 36 heavy (non-hydrogen) atoms. The molecule has 0 bridgehead atoms. The topological polar surface area (TPSA) is 71.0 Å². The second-order valence-corrected chi connectivity index (χ2v) is 10.4. The van der Waals surface area contributed by atoms with E-state index >= 15 is 0 Å². The Labute approximate surface area is 216 Å². The number of nitrogens with zero attached hydrogens (tertiary/aromatic N) is 2. The largest absolute Gasteiger partial charge is 0.463 e. The summed E-state index contributed by atoms with van der Waals surface area (Å²) >= 11 is 1.49. The second-order valence-electron chi connectivity index (χ2n) is 9.53. The predicted octanol–water partition coefficient (Wildman–Crippen LogP) is 5.50. The van der Waals surface area contributed by atoms with Crippen LogP contribution in [0.5, 0.6) is 0 Å². The van der Waals surface area contributed by atoms with Gasteiger partial charge in [-0.2, -0.15) is 0 Å². The van der Waals surface area contributed by atoms with Crippen LogP contribution in [0.3, 0.4) is 0 Å². The summed E-state index contributed by atoms with van der Waals surface area (Å²) < 4.78 is 5.59. The molecule has 3 aliphatic rings. The van der Waals surface area contributed by atoms with Crippen LogP contribution in [0.2, 0.25) is 0 Å². The summed E-state index contributed by atoms with van der Waals surface area (Å²) in [6.45, 7) is 6.91. The summed E-state index contributed by atoms with van der Waals surface area (Å²) in [6.07, 6.45) is 2.61. The summed E-state index contributed by atoms with van der Waals surface area (Å²) in [5.74, 6) is 0.215.